The number of benzene rings is 1. The second kappa shape index (κ2) is 6.85. The lowest BCUT2D eigenvalue weighted by Gasteiger charge is -2.05. The Bertz CT molecular complexity index is 639. The van der Waals surface area contributed by atoms with Gasteiger partial charge in [-0.2, -0.15) is 0 Å². The Balaban J connectivity index is 1.76. The summed E-state index contributed by atoms with van der Waals surface area (Å²) in [6.45, 7) is 0.405. The van der Waals surface area contributed by atoms with Gasteiger partial charge in [0.05, 0.1) is 6.20 Å². The molecule has 1 amide bonds. The first-order valence-corrected chi connectivity index (χ1v) is 6.57. The summed E-state index contributed by atoms with van der Waals surface area (Å²) in [5.74, 6) is -1.44. The van der Waals surface area contributed by atoms with Crippen molar-refractivity contribution in [2.45, 2.75) is 13.0 Å². The monoisotopic (exact) mass is 308 g/mol. The maximum Gasteiger partial charge on any atom is 0.358 e. The van der Waals surface area contributed by atoms with Crippen molar-refractivity contribution in [1.29, 1.82) is 0 Å². The van der Waals surface area contributed by atoms with Crippen LogP contribution in [0.25, 0.3) is 0 Å². The molecule has 1 aromatic heterocycles. The van der Waals surface area contributed by atoms with Gasteiger partial charge in [0.1, 0.15) is 6.54 Å². The highest BCUT2D eigenvalue weighted by Crippen LogP contribution is 2.09. The van der Waals surface area contributed by atoms with Crippen LogP contribution in [0.1, 0.15) is 16.1 Å². The first-order valence-electron chi connectivity index (χ1n) is 6.19. The number of nitrogens with one attached hydrogen (secondary N) is 1. The predicted octanol–water partition coefficient (Wildman–Crippen LogP) is 0.989. The molecule has 0 aliphatic carbocycles. The Morgan fingerprint density at radius 2 is 2.00 bits per heavy atom. The third kappa shape index (κ3) is 4.57. The Kier molecular flexibility index (Phi) is 4.89. The van der Waals surface area contributed by atoms with Gasteiger partial charge in [0.15, 0.2) is 5.69 Å². The minimum absolute atomic E-state index is 0.0686. The number of hydrogen-bond donors (Lipinski definition) is 2. The maximum absolute atomic E-state index is 11.7. The van der Waals surface area contributed by atoms with Gasteiger partial charge in [-0.15, -0.1) is 5.10 Å². The molecular formula is C13H13ClN4O3. The van der Waals surface area contributed by atoms with E-state index in [9.17, 15) is 9.59 Å². The zero-order valence-electron chi connectivity index (χ0n) is 11.0. The standard InChI is InChI=1S/C13H13ClN4O3/c14-10-3-1-9(2-4-10)5-6-15-12(19)8-18-7-11(13(20)21)16-17-18/h1-4,7H,5-6,8H2,(H,15,19)(H,20,21). The quantitative estimate of drug-likeness (QED) is 0.829. The number of carbonyl (C=O) groups is 2. The van der Waals surface area contributed by atoms with E-state index in [1.165, 1.54) is 10.9 Å². The molecular weight excluding hydrogens is 296 g/mol. The highest BCUT2D eigenvalue weighted by molar-refractivity contribution is 6.30. The van der Waals surface area contributed by atoms with Crippen LogP contribution in [-0.4, -0.2) is 38.5 Å². The number of rotatable bonds is 6. The number of carboxylic acid groups (broad SMARTS) is 1. The molecule has 0 bridgehead atoms. The third-order valence-corrected chi connectivity index (χ3v) is 2.96. The van der Waals surface area contributed by atoms with Crippen molar-refractivity contribution in [3.05, 3.63) is 46.7 Å². The van der Waals surface area contributed by atoms with E-state index < -0.39 is 5.97 Å². The van der Waals surface area contributed by atoms with Gasteiger partial charge in [0, 0.05) is 11.6 Å². The lowest BCUT2D eigenvalue weighted by molar-refractivity contribution is -0.121. The van der Waals surface area contributed by atoms with Crippen molar-refractivity contribution in [1.82, 2.24) is 20.3 Å². The molecule has 0 saturated carbocycles. The van der Waals surface area contributed by atoms with Crippen LogP contribution in [0, 0.1) is 0 Å². The molecule has 7 nitrogen and oxygen atoms in total. The number of carbonyl (C=O) groups excluding carboxylic acids is 1. The van der Waals surface area contributed by atoms with Crippen LogP contribution in [0.5, 0.6) is 0 Å². The van der Waals surface area contributed by atoms with Gasteiger partial charge in [-0.3, -0.25) is 4.79 Å². The summed E-state index contributed by atoms with van der Waals surface area (Å²) in [6.07, 6.45) is 1.89. The Morgan fingerprint density at radius 3 is 2.62 bits per heavy atom. The van der Waals surface area contributed by atoms with Crippen molar-refractivity contribution in [2.24, 2.45) is 0 Å². The predicted molar refractivity (Wildman–Crippen MR) is 75.1 cm³/mol. The second-order valence-electron chi connectivity index (χ2n) is 4.33. The van der Waals surface area contributed by atoms with Gasteiger partial charge >= 0.3 is 5.97 Å². The summed E-state index contributed by atoms with van der Waals surface area (Å²) in [5, 5.41) is 19.1. The van der Waals surface area contributed by atoms with E-state index in [1.54, 1.807) is 12.1 Å². The summed E-state index contributed by atoms with van der Waals surface area (Å²) in [4.78, 5) is 22.3. The van der Waals surface area contributed by atoms with Crippen LogP contribution in [0.15, 0.2) is 30.5 Å². The van der Waals surface area contributed by atoms with Gasteiger partial charge < -0.3 is 10.4 Å². The van der Waals surface area contributed by atoms with E-state index in [0.717, 1.165) is 5.56 Å². The van der Waals surface area contributed by atoms with Gasteiger partial charge in [-0.1, -0.05) is 28.9 Å². The summed E-state index contributed by atoms with van der Waals surface area (Å²) in [5.41, 5.74) is 0.873. The largest absolute Gasteiger partial charge is 0.476 e. The van der Waals surface area contributed by atoms with Crippen molar-refractivity contribution < 1.29 is 14.7 Å². The minimum atomic E-state index is -1.18. The molecule has 0 atom stereocenters. The molecule has 0 spiro atoms. The maximum atomic E-state index is 11.7. The van der Waals surface area contributed by atoms with Gasteiger partial charge in [0.2, 0.25) is 5.91 Å². The molecule has 0 unspecified atom stereocenters. The molecule has 2 N–H and O–H groups in total. The number of amides is 1. The van der Waals surface area contributed by atoms with Gasteiger partial charge in [-0.25, -0.2) is 9.48 Å². The molecule has 0 aliphatic rings. The number of carboxylic acids is 1. The first-order chi connectivity index (χ1) is 10.0. The smallest absolute Gasteiger partial charge is 0.358 e. The van der Waals surface area contributed by atoms with E-state index >= 15 is 0 Å². The molecule has 0 aliphatic heterocycles. The molecule has 0 radical (unpaired) electrons. The zero-order valence-corrected chi connectivity index (χ0v) is 11.7. The van der Waals surface area contributed by atoms with Crippen molar-refractivity contribution >= 4 is 23.5 Å². The molecule has 0 fully saturated rings. The van der Waals surface area contributed by atoms with Crippen LogP contribution in [0.4, 0.5) is 0 Å². The van der Waals surface area contributed by atoms with E-state index in [2.05, 4.69) is 15.6 Å². The normalized spacial score (nSPS) is 10.3. The van der Waals surface area contributed by atoms with Crippen LogP contribution in [0.3, 0.4) is 0 Å². The van der Waals surface area contributed by atoms with Crippen LogP contribution in [-0.2, 0) is 17.8 Å². The summed E-state index contributed by atoms with van der Waals surface area (Å²) in [7, 11) is 0. The van der Waals surface area contributed by atoms with Crippen molar-refractivity contribution in [3.8, 4) is 0 Å². The average Bonchev–Trinajstić information content (AvgIpc) is 2.90. The zero-order chi connectivity index (χ0) is 15.2. The SMILES string of the molecule is O=C(Cn1cc(C(=O)O)nn1)NCCc1ccc(Cl)cc1. The molecule has 8 heteroatoms. The lowest BCUT2D eigenvalue weighted by Crippen LogP contribution is -2.29. The molecule has 0 saturated heterocycles. The molecule has 21 heavy (non-hydrogen) atoms. The highest BCUT2D eigenvalue weighted by Gasteiger charge is 2.10. The Labute approximate surface area is 125 Å². The van der Waals surface area contributed by atoms with Gasteiger partial charge in [-0.05, 0) is 24.1 Å². The fourth-order valence-electron chi connectivity index (χ4n) is 1.67. The Morgan fingerprint density at radius 1 is 1.29 bits per heavy atom. The number of nitrogens with zero attached hydrogens (tertiary/aromatic N) is 3. The van der Waals surface area contributed by atoms with Crippen molar-refractivity contribution in [2.75, 3.05) is 6.54 Å². The summed E-state index contributed by atoms with van der Waals surface area (Å²) >= 11 is 5.78. The second-order valence-corrected chi connectivity index (χ2v) is 4.77. The third-order valence-electron chi connectivity index (χ3n) is 2.71. The highest BCUT2D eigenvalue weighted by atomic mass is 35.5. The molecule has 2 rings (SSSR count). The Hall–Kier alpha value is -2.41. The van der Waals surface area contributed by atoms with Crippen LogP contribution >= 0.6 is 11.6 Å². The fraction of sp³-hybridized carbons (Fsp3) is 0.231. The number of halogens is 1. The molecule has 1 aromatic carbocycles. The van der Waals surface area contributed by atoms with Crippen LogP contribution < -0.4 is 5.32 Å². The lowest BCUT2D eigenvalue weighted by atomic mass is 10.1. The summed E-state index contributed by atoms with van der Waals surface area (Å²) in [6, 6.07) is 7.37. The molecule has 2 aromatic rings. The average molecular weight is 309 g/mol. The number of aromatic nitrogens is 3. The molecule has 1 heterocycles. The molecule has 110 valence electrons. The van der Waals surface area contributed by atoms with E-state index in [-0.39, 0.29) is 18.1 Å². The first kappa shape index (κ1) is 15.0. The van der Waals surface area contributed by atoms with Crippen LogP contribution in [0.2, 0.25) is 5.02 Å². The van der Waals surface area contributed by atoms with E-state index in [4.69, 9.17) is 16.7 Å². The minimum Gasteiger partial charge on any atom is -0.476 e. The number of aromatic carboxylic acids is 1. The number of hydrogen-bond acceptors (Lipinski definition) is 4. The fourth-order valence-corrected chi connectivity index (χ4v) is 1.80. The topological polar surface area (TPSA) is 97.1 Å². The van der Waals surface area contributed by atoms with Crippen molar-refractivity contribution in [3.63, 3.8) is 0 Å². The summed E-state index contributed by atoms with van der Waals surface area (Å²) < 4.78 is 1.18. The van der Waals surface area contributed by atoms with E-state index in [1.807, 2.05) is 12.1 Å². The van der Waals surface area contributed by atoms with E-state index in [0.29, 0.717) is 18.0 Å². The van der Waals surface area contributed by atoms with Gasteiger partial charge in [0.25, 0.3) is 0 Å².